The first kappa shape index (κ1) is 10.5. The van der Waals surface area contributed by atoms with Gasteiger partial charge in [-0.2, -0.15) is 5.21 Å². The summed E-state index contributed by atoms with van der Waals surface area (Å²) in [7, 11) is 0. The summed E-state index contributed by atoms with van der Waals surface area (Å²) < 4.78 is 1.20. The van der Waals surface area contributed by atoms with E-state index in [1.54, 1.807) is 0 Å². The molecule has 0 unspecified atom stereocenters. The van der Waals surface area contributed by atoms with Gasteiger partial charge in [0.15, 0.2) is 5.82 Å². The van der Waals surface area contributed by atoms with Crippen LogP contribution >= 0.6 is 22.6 Å². The van der Waals surface area contributed by atoms with E-state index in [1.807, 2.05) is 12.1 Å². The summed E-state index contributed by atoms with van der Waals surface area (Å²) in [5.74, 6) is 0.551. The molecule has 0 saturated carbocycles. The molecule has 0 aliphatic heterocycles. The van der Waals surface area contributed by atoms with Crippen molar-refractivity contribution in [3.63, 3.8) is 0 Å². The van der Waals surface area contributed by atoms with Crippen LogP contribution in [-0.2, 0) is 6.42 Å². The first-order chi connectivity index (χ1) is 7.27. The topological polar surface area (TPSA) is 80.5 Å². The highest BCUT2D eigenvalue weighted by molar-refractivity contribution is 14.1. The Bertz CT molecular complexity index is 428. The van der Waals surface area contributed by atoms with Crippen LogP contribution in [0.15, 0.2) is 24.3 Å². The van der Waals surface area contributed by atoms with Crippen LogP contribution in [0.4, 0.5) is 0 Å². The van der Waals surface area contributed by atoms with E-state index in [9.17, 15) is 0 Å². The summed E-state index contributed by atoms with van der Waals surface area (Å²) in [5, 5.41) is 13.6. The lowest BCUT2D eigenvalue weighted by Crippen LogP contribution is -2.15. The highest BCUT2D eigenvalue weighted by atomic mass is 127. The molecule has 0 saturated heterocycles. The Kier molecular flexibility index (Phi) is 3.27. The second-order valence-corrected chi connectivity index (χ2v) is 4.33. The Balaban J connectivity index is 2.13. The van der Waals surface area contributed by atoms with Crippen molar-refractivity contribution in [3.05, 3.63) is 39.2 Å². The van der Waals surface area contributed by atoms with Gasteiger partial charge in [-0.3, -0.25) is 0 Å². The second kappa shape index (κ2) is 4.67. The zero-order valence-corrected chi connectivity index (χ0v) is 10.0. The summed E-state index contributed by atoms with van der Waals surface area (Å²) in [6, 6.07) is 7.91. The number of hydrogen-bond acceptors (Lipinski definition) is 4. The van der Waals surface area contributed by atoms with Crippen LogP contribution < -0.4 is 5.73 Å². The number of benzene rings is 1. The Morgan fingerprint density at radius 1 is 1.40 bits per heavy atom. The highest BCUT2D eigenvalue weighted by Gasteiger charge is 2.12. The predicted molar refractivity (Wildman–Crippen MR) is 64.0 cm³/mol. The molecular formula is C9H10IN5. The van der Waals surface area contributed by atoms with Gasteiger partial charge >= 0.3 is 0 Å². The molecule has 0 fully saturated rings. The fourth-order valence-corrected chi connectivity index (χ4v) is 1.93. The zero-order valence-electron chi connectivity index (χ0n) is 7.89. The Hall–Kier alpha value is -1.02. The van der Waals surface area contributed by atoms with Crippen LogP contribution in [0.5, 0.6) is 0 Å². The number of halogens is 1. The highest BCUT2D eigenvalue weighted by Crippen LogP contribution is 2.17. The molecule has 78 valence electrons. The van der Waals surface area contributed by atoms with Gasteiger partial charge in [-0.1, -0.05) is 23.4 Å². The Morgan fingerprint density at radius 2 is 2.20 bits per heavy atom. The van der Waals surface area contributed by atoms with E-state index in [-0.39, 0.29) is 6.04 Å². The molecular weight excluding hydrogens is 305 g/mol. The smallest absolute Gasteiger partial charge is 0.191 e. The van der Waals surface area contributed by atoms with Crippen LogP contribution in [-0.4, -0.2) is 20.6 Å². The first-order valence-corrected chi connectivity index (χ1v) is 5.57. The van der Waals surface area contributed by atoms with Crippen molar-refractivity contribution in [3.8, 4) is 0 Å². The molecule has 2 rings (SSSR count). The number of aromatic amines is 1. The molecule has 15 heavy (non-hydrogen) atoms. The molecule has 0 amide bonds. The van der Waals surface area contributed by atoms with E-state index in [0.29, 0.717) is 5.82 Å². The molecule has 0 aliphatic carbocycles. The van der Waals surface area contributed by atoms with Crippen LogP contribution in [0.3, 0.4) is 0 Å². The van der Waals surface area contributed by atoms with Gasteiger partial charge in [0.1, 0.15) is 0 Å². The molecule has 0 spiro atoms. The number of tetrazole rings is 1. The van der Waals surface area contributed by atoms with Crippen LogP contribution in [0.1, 0.15) is 17.4 Å². The maximum Gasteiger partial charge on any atom is 0.191 e. The maximum atomic E-state index is 5.95. The minimum absolute atomic E-state index is 0.209. The standard InChI is InChI=1S/C9H10IN5/c10-7-4-2-1-3-6(7)5-8(11)9-12-14-15-13-9/h1-4,8H,5,11H2,(H,12,13,14,15)/t8-/m0/s1. The van der Waals surface area contributed by atoms with Crippen molar-refractivity contribution in [1.82, 2.24) is 20.6 Å². The fourth-order valence-electron chi connectivity index (χ4n) is 1.32. The Morgan fingerprint density at radius 3 is 2.87 bits per heavy atom. The van der Waals surface area contributed by atoms with Crippen molar-refractivity contribution < 1.29 is 0 Å². The SMILES string of the molecule is N[C@@H](Cc1ccccc1I)c1nn[nH]n1. The molecule has 2 aromatic rings. The van der Waals surface area contributed by atoms with Gasteiger partial charge in [0.2, 0.25) is 0 Å². The molecule has 1 heterocycles. The monoisotopic (exact) mass is 315 g/mol. The minimum atomic E-state index is -0.209. The van der Waals surface area contributed by atoms with Crippen molar-refractivity contribution >= 4 is 22.6 Å². The number of nitrogens with one attached hydrogen (secondary N) is 1. The molecule has 1 atom stereocenters. The van der Waals surface area contributed by atoms with E-state index < -0.39 is 0 Å². The van der Waals surface area contributed by atoms with Crippen molar-refractivity contribution in [1.29, 1.82) is 0 Å². The van der Waals surface area contributed by atoms with Crippen LogP contribution in [0.2, 0.25) is 0 Å². The van der Waals surface area contributed by atoms with Gasteiger partial charge in [0.05, 0.1) is 6.04 Å². The molecule has 3 N–H and O–H groups in total. The number of hydrogen-bond donors (Lipinski definition) is 2. The predicted octanol–water partition coefficient (Wildman–Crippen LogP) is 1.05. The van der Waals surface area contributed by atoms with Gasteiger partial charge in [0, 0.05) is 3.57 Å². The third-order valence-corrected chi connectivity index (χ3v) is 3.14. The summed E-state index contributed by atoms with van der Waals surface area (Å²) in [6.07, 6.45) is 0.721. The number of rotatable bonds is 3. The van der Waals surface area contributed by atoms with E-state index in [1.165, 1.54) is 9.13 Å². The van der Waals surface area contributed by atoms with E-state index in [4.69, 9.17) is 5.73 Å². The lowest BCUT2D eigenvalue weighted by atomic mass is 10.1. The van der Waals surface area contributed by atoms with Gasteiger partial charge in [0.25, 0.3) is 0 Å². The zero-order chi connectivity index (χ0) is 10.7. The minimum Gasteiger partial charge on any atom is -0.321 e. The van der Waals surface area contributed by atoms with E-state index in [2.05, 4.69) is 55.3 Å². The third-order valence-electron chi connectivity index (χ3n) is 2.09. The van der Waals surface area contributed by atoms with Gasteiger partial charge < -0.3 is 5.73 Å². The molecule has 0 radical (unpaired) electrons. The molecule has 6 heteroatoms. The normalized spacial score (nSPS) is 12.7. The van der Waals surface area contributed by atoms with Crippen molar-refractivity contribution in [2.75, 3.05) is 0 Å². The summed E-state index contributed by atoms with van der Waals surface area (Å²) >= 11 is 2.29. The van der Waals surface area contributed by atoms with Gasteiger partial charge in [-0.25, -0.2) is 0 Å². The largest absolute Gasteiger partial charge is 0.321 e. The summed E-state index contributed by atoms with van der Waals surface area (Å²) in [5.41, 5.74) is 7.16. The molecule has 1 aromatic carbocycles. The van der Waals surface area contributed by atoms with Crippen molar-refractivity contribution in [2.24, 2.45) is 5.73 Å². The number of nitrogens with zero attached hydrogens (tertiary/aromatic N) is 3. The first-order valence-electron chi connectivity index (χ1n) is 4.49. The number of aromatic nitrogens is 4. The van der Waals surface area contributed by atoms with Crippen LogP contribution in [0, 0.1) is 3.57 Å². The summed E-state index contributed by atoms with van der Waals surface area (Å²) in [6.45, 7) is 0. The lowest BCUT2D eigenvalue weighted by Gasteiger charge is -2.08. The summed E-state index contributed by atoms with van der Waals surface area (Å²) in [4.78, 5) is 0. The molecule has 0 bridgehead atoms. The van der Waals surface area contributed by atoms with Gasteiger partial charge in [-0.15, -0.1) is 10.2 Å². The molecule has 5 nitrogen and oxygen atoms in total. The number of nitrogens with two attached hydrogens (primary N) is 1. The van der Waals surface area contributed by atoms with Crippen molar-refractivity contribution in [2.45, 2.75) is 12.5 Å². The maximum absolute atomic E-state index is 5.95. The van der Waals surface area contributed by atoms with Crippen LogP contribution in [0.25, 0.3) is 0 Å². The Labute approximate surface area is 101 Å². The average Bonchev–Trinajstić information content (AvgIpc) is 2.74. The fraction of sp³-hybridized carbons (Fsp3) is 0.222. The second-order valence-electron chi connectivity index (χ2n) is 3.17. The van der Waals surface area contributed by atoms with Gasteiger partial charge in [-0.05, 0) is 40.6 Å². The van der Waals surface area contributed by atoms with E-state index in [0.717, 1.165) is 6.42 Å². The average molecular weight is 315 g/mol. The molecule has 0 aliphatic rings. The van der Waals surface area contributed by atoms with E-state index >= 15 is 0 Å². The molecule has 1 aromatic heterocycles. The number of H-pyrrole nitrogens is 1. The lowest BCUT2D eigenvalue weighted by molar-refractivity contribution is 0.667. The quantitative estimate of drug-likeness (QED) is 0.830. The third kappa shape index (κ3) is 2.51.